The van der Waals surface area contributed by atoms with Crippen molar-refractivity contribution < 1.29 is 4.42 Å². The fraction of sp³-hybridized carbons (Fsp3) is 0.700. The maximum absolute atomic E-state index is 5.24. The first-order valence-corrected chi connectivity index (χ1v) is 5.14. The molecule has 1 aromatic heterocycles. The molecule has 14 heavy (non-hydrogen) atoms. The van der Waals surface area contributed by atoms with Gasteiger partial charge in [0.1, 0.15) is 6.26 Å². The van der Waals surface area contributed by atoms with Crippen molar-refractivity contribution in [3.05, 3.63) is 12.0 Å². The summed E-state index contributed by atoms with van der Waals surface area (Å²) in [6, 6.07) is 1.09. The van der Waals surface area contributed by atoms with E-state index in [2.05, 4.69) is 36.4 Å². The number of aromatic nitrogens is 1. The lowest BCUT2D eigenvalue weighted by Crippen LogP contribution is -2.21. The molecule has 4 heteroatoms. The highest BCUT2D eigenvalue weighted by molar-refractivity contribution is 5.20. The molecule has 0 saturated heterocycles. The maximum Gasteiger partial charge on any atom is 0.294 e. The standard InChI is InChI=1S/C10H19N3O/c1-4-5-11-10-13-9(7-14-10)6-12-8(2)3/h7-8,12H,4-6H2,1-3H3,(H,11,13). The Balaban J connectivity index is 2.35. The maximum atomic E-state index is 5.24. The van der Waals surface area contributed by atoms with Crippen molar-refractivity contribution in [1.82, 2.24) is 10.3 Å². The van der Waals surface area contributed by atoms with E-state index in [1.54, 1.807) is 6.26 Å². The van der Waals surface area contributed by atoms with Crippen molar-refractivity contribution in [2.45, 2.75) is 39.8 Å². The zero-order valence-corrected chi connectivity index (χ0v) is 9.13. The predicted molar refractivity (Wildman–Crippen MR) is 57.3 cm³/mol. The zero-order valence-electron chi connectivity index (χ0n) is 9.13. The molecule has 0 atom stereocenters. The van der Waals surface area contributed by atoms with E-state index in [0.29, 0.717) is 12.1 Å². The van der Waals surface area contributed by atoms with Gasteiger partial charge in [0.15, 0.2) is 0 Å². The van der Waals surface area contributed by atoms with Crippen LogP contribution in [-0.2, 0) is 6.54 Å². The number of nitrogens with one attached hydrogen (secondary N) is 2. The average Bonchev–Trinajstić information content (AvgIpc) is 2.59. The Hall–Kier alpha value is -1.03. The Morgan fingerprint density at radius 2 is 2.29 bits per heavy atom. The highest BCUT2D eigenvalue weighted by Gasteiger charge is 2.02. The van der Waals surface area contributed by atoms with Crippen molar-refractivity contribution in [3.8, 4) is 0 Å². The molecule has 0 aliphatic heterocycles. The topological polar surface area (TPSA) is 50.1 Å². The first kappa shape index (κ1) is 11.0. The minimum absolute atomic E-state index is 0.471. The van der Waals surface area contributed by atoms with Gasteiger partial charge in [0.05, 0.1) is 5.69 Å². The van der Waals surface area contributed by atoms with Gasteiger partial charge in [-0.05, 0) is 6.42 Å². The molecule has 2 N–H and O–H groups in total. The molecule has 0 radical (unpaired) electrons. The van der Waals surface area contributed by atoms with E-state index in [0.717, 1.165) is 25.2 Å². The molecule has 0 unspecified atom stereocenters. The third kappa shape index (κ3) is 3.79. The monoisotopic (exact) mass is 197 g/mol. The lowest BCUT2D eigenvalue weighted by Gasteiger charge is -2.04. The molecular formula is C10H19N3O. The summed E-state index contributed by atoms with van der Waals surface area (Å²) in [5.74, 6) is 0. The van der Waals surface area contributed by atoms with Gasteiger partial charge in [0.2, 0.25) is 0 Å². The van der Waals surface area contributed by atoms with E-state index < -0.39 is 0 Å². The number of nitrogens with zero attached hydrogens (tertiary/aromatic N) is 1. The fourth-order valence-electron chi connectivity index (χ4n) is 1.01. The Morgan fingerprint density at radius 1 is 1.50 bits per heavy atom. The summed E-state index contributed by atoms with van der Waals surface area (Å²) in [6.07, 6.45) is 2.76. The Morgan fingerprint density at radius 3 is 2.93 bits per heavy atom. The van der Waals surface area contributed by atoms with E-state index >= 15 is 0 Å². The van der Waals surface area contributed by atoms with Crippen molar-refractivity contribution in [2.75, 3.05) is 11.9 Å². The van der Waals surface area contributed by atoms with E-state index in [9.17, 15) is 0 Å². The van der Waals surface area contributed by atoms with Gasteiger partial charge in [-0.25, -0.2) is 0 Å². The van der Waals surface area contributed by atoms with Crippen molar-refractivity contribution in [1.29, 1.82) is 0 Å². The van der Waals surface area contributed by atoms with Crippen LogP contribution < -0.4 is 10.6 Å². The van der Waals surface area contributed by atoms with Gasteiger partial charge in [-0.15, -0.1) is 0 Å². The lowest BCUT2D eigenvalue weighted by atomic mass is 10.4. The number of oxazole rings is 1. The molecule has 1 aromatic rings. The average molecular weight is 197 g/mol. The van der Waals surface area contributed by atoms with Crippen molar-refractivity contribution in [2.24, 2.45) is 0 Å². The van der Waals surface area contributed by atoms with Gasteiger partial charge in [-0.2, -0.15) is 4.98 Å². The summed E-state index contributed by atoms with van der Waals surface area (Å²) < 4.78 is 5.24. The minimum atomic E-state index is 0.471. The van der Waals surface area contributed by atoms with Crippen LogP contribution in [0, 0.1) is 0 Å². The molecule has 0 aliphatic carbocycles. The first-order valence-electron chi connectivity index (χ1n) is 5.14. The normalized spacial score (nSPS) is 10.9. The summed E-state index contributed by atoms with van der Waals surface area (Å²) in [5.41, 5.74) is 0.942. The molecular weight excluding hydrogens is 178 g/mol. The van der Waals surface area contributed by atoms with E-state index in [4.69, 9.17) is 4.42 Å². The van der Waals surface area contributed by atoms with Crippen molar-refractivity contribution >= 4 is 6.01 Å². The van der Waals surface area contributed by atoms with Crippen LogP contribution >= 0.6 is 0 Å². The van der Waals surface area contributed by atoms with Gasteiger partial charge in [-0.3, -0.25) is 0 Å². The van der Waals surface area contributed by atoms with E-state index in [1.807, 2.05) is 0 Å². The highest BCUT2D eigenvalue weighted by atomic mass is 16.4. The van der Waals surface area contributed by atoms with Crippen LogP contribution in [0.15, 0.2) is 10.7 Å². The van der Waals surface area contributed by atoms with Crippen molar-refractivity contribution in [3.63, 3.8) is 0 Å². The van der Waals surface area contributed by atoms with Gasteiger partial charge < -0.3 is 15.1 Å². The van der Waals surface area contributed by atoms with Gasteiger partial charge in [0.25, 0.3) is 6.01 Å². The van der Waals surface area contributed by atoms with E-state index in [-0.39, 0.29) is 0 Å². The third-order valence-electron chi connectivity index (χ3n) is 1.77. The van der Waals surface area contributed by atoms with E-state index in [1.165, 1.54) is 0 Å². The molecule has 0 saturated carbocycles. The second-order valence-electron chi connectivity index (χ2n) is 3.61. The largest absolute Gasteiger partial charge is 0.432 e. The number of anilines is 1. The molecule has 80 valence electrons. The Labute approximate surface area is 85.1 Å². The van der Waals surface area contributed by atoms with Crippen LogP contribution in [-0.4, -0.2) is 17.6 Å². The van der Waals surface area contributed by atoms with Gasteiger partial charge in [-0.1, -0.05) is 20.8 Å². The molecule has 0 aliphatic rings. The highest BCUT2D eigenvalue weighted by Crippen LogP contribution is 2.07. The minimum Gasteiger partial charge on any atom is -0.432 e. The molecule has 0 spiro atoms. The third-order valence-corrected chi connectivity index (χ3v) is 1.77. The molecule has 1 heterocycles. The second-order valence-corrected chi connectivity index (χ2v) is 3.61. The fourth-order valence-corrected chi connectivity index (χ4v) is 1.01. The number of rotatable bonds is 6. The van der Waals surface area contributed by atoms with Gasteiger partial charge >= 0.3 is 0 Å². The molecule has 0 aromatic carbocycles. The smallest absolute Gasteiger partial charge is 0.294 e. The van der Waals surface area contributed by atoms with Crippen LogP contribution in [0.25, 0.3) is 0 Å². The number of hydrogen-bond acceptors (Lipinski definition) is 4. The zero-order chi connectivity index (χ0) is 10.4. The Bertz CT molecular complexity index is 258. The van der Waals surface area contributed by atoms with Crippen LogP contribution in [0.4, 0.5) is 6.01 Å². The van der Waals surface area contributed by atoms with Crippen LogP contribution in [0.3, 0.4) is 0 Å². The lowest BCUT2D eigenvalue weighted by molar-refractivity contribution is 0.558. The Kier molecular flexibility index (Phi) is 4.46. The molecule has 0 bridgehead atoms. The SMILES string of the molecule is CCCNc1nc(CNC(C)C)co1. The van der Waals surface area contributed by atoms with Crippen LogP contribution in [0.1, 0.15) is 32.9 Å². The molecule has 0 fully saturated rings. The summed E-state index contributed by atoms with van der Waals surface area (Å²) in [4.78, 5) is 4.28. The van der Waals surface area contributed by atoms with Crippen LogP contribution in [0.2, 0.25) is 0 Å². The molecule has 0 amide bonds. The van der Waals surface area contributed by atoms with Gasteiger partial charge in [0, 0.05) is 19.1 Å². The molecule has 1 rings (SSSR count). The molecule has 4 nitrogen and oxygen atoms in total. The summed E-state index contributed by atoms with van der Waals surface area (Å²) in [6.45, 7) is 7.98. The summed E-state index contributed by atoms with van der Waals surface area (Å²) in [5, 5.41) is 6.38. The first-order chi connectivity index (χ1) is 6.72. The predicted octanol–water partition coefficient (Wildman–Crippen LogP) is 1.99. The quantitative estimate of drug-likeness (QED) is 0.732. The van der Waals surface area contributed by atoms with Crippen LogP contribution in [0.5, 0.6) is 0 Å². The second kappa shape index (κ2) is 5.65. The number of hydrogen-bond donors (Lipinski definition) is 2. The summed E-state index contributed by atoms with van der Waals surface area (Å²) in [7, 11) is 0. The summed E-state index contributed by atoms with van der Waals surface area (Å²) >= 11 is 0.